The lowest BCUT2D eigenvalue weighted by molar-refractivity contribution is -0.115. The van der Waals surface area contributed by atoms with E-state index in [9.17, 15) is 4.79 Å². The molecule has 1 atom stereocenters. The van der Waals surface area contributed by atoms with Crippen molar-refractivity contribution in [2.45, 2.75) is 13.0 Å². The Balaban J connectivity index is 1.92. The number of methoxy groups -OCH3 is 2. The second kappa shape index (κ2) is 7.31. The predicted molar refractivity (Wildman–Crippen MR) is 109 cm³/mol. The Labute approximate surface area is 168 Å². The van der Waals surface area contributed by atoms with E-state index in [0.29, 0.717) is 34.5 Å². The van der Waals surface area contributed by atoms with E-state index in [1.165, 1.54) is 0 Å². The largest absolute Gasteiger partial charge is 0.497 e. The number of nitrogens with one attached hydrogen (secondary N) is 1. The fourth-order valence-corrected chi connectivity index (χ4v) is 3.51. The zero-order valence-corrected chi connectivity index (χ0v) is 16.3. The molecule has 3 aromatic rings. The van der Waals surface area contributed by atoms with Crippen LogP contribution in [-0.4, -0.2) is 34.9 Å². The van der Waals surface area contributed by atoms with Crippen LogP contribution in [0.3, 0.4) is 0 Å². The van der Waals surface area contributed by atoms with Crippen molar-refractivity contribution in [2.24, 2.45) is 5.73 Å². The first kappa shape index (κ1) is 18.5. The minimum Gasteiger partial charge on any atom is -0.497 e. The van der Waals surface area contributed by atoms with Crippen LogP contribution >= 0.6 is 0 Å². The van der Waals surface area contributed by atoms with Gasteiger partial charge in [-0.2, -0.15) is 4.98 Å². The minimum absolute atomic E-state index is 0.394. The molecule has 0 saturated heterocycles. The molecule has 0 bridgehead atoms. The van der Waals surface area contributed by atoms with E-state index in [-0.39, 0.29) is 0 Å². The van der Waals surface area contributed by atoms with Gasteiger partial charge in [0, 0.05) is 22.9 Å². The molecule has 29 heavy (non-hydrogen) atoms. The smallest absolute Gasteiger partial charge is 0.248 e. The van der Waals surface area contributed by atoms with E-state index >= 15 is 0 Å². The lowest BCUT2D eigenvalue weighted by atomic mass is 9.94. The van der Waals surface area contributed by atoms with Gasteiger partial charge >= 0.3 is 0 Å². The number of rotatable bonds is 5. The Morgan fingerprint density at radius 2 is 1.90 bits per heavy atom. The molecule has 8 nitrogen and oxygen atoms in total. The molecular weight excluding hydrogens is 370 g/mol. The van der Waals surface area contributed by atoms with Crippen molar-refractivity contribution in [3.63, 3.8) is 0 Å². The van der Waals surface area contributed by atoms with Crippen LogP contribution in [0.2, 0.25) is 0 Å². The van der Waals surface area contributed by atoms with E-state index in [4.69, 9.17) is 15.2 Å². The molecule has 0 saturated carbocycles. The second-order valence-corrected chi connectivity index (χ2v) is 6.61. The van der Waals surface area contributed by atoms with E-state index < -0.39 is 11.9 Å². The number of carbonyl (C=O) groups excluding carboxylic acids is 1. The molecule has 2 heterocycles. The molecule has 3 N–H and O–H groups in total. The molecule has 1 aliphatic rings. The minimum atomic E-state index is -0.588. The van der Waals surface area contributed by atoms with Crippen LogP contribution < -0.4 is 20.5 Å². The highest BCUT2D eigenvalue weighted by Gasteiger charge is 2.35. The molecule has 4 rings (SSSR count). The van der Waals surface area contributed by atoms with Gasteiger partial charge in [0.25, 0.3) is 0 Å². The van der Waals surface area contributed by atoms with Crippen LogP contribution in [0.15, 0.2) is 59.8 Å². The highest BCUT2D eigenvalue weighted by molar-refractivity contribution is 5.95. The van der Waals surface area contributed by atoms with Crippen molar-refractivity contribution < 1.29 is 14.3 Å². The van der Waals surface area contributed by atoms with Crippen molar-refractivity contribution >= 4 is 11.9 Å². The molecule has 0 radical (unpaired) electrons. The average Bonchev–Trinajstić information content (AvgIpc) is 3.16. The SMILES string of the molecule is COc1ccc(C2C(C(N)=O)=C(C)Nc3nc(-c4ccccc4)nn32)c(OC)c1. The van der Waals surface area contributed by atoms with Gasteiger partial charge in [0.1, 0.15) is 17.5 Å². The summed E-state index contributed by atoms with van der Waals surface area (Å²) in [5.74, 6) is 1.73. The molecule has 0 spiro atoms. The number of hydrogen-bond acceptors (Lipinski definition) is 6. The third-order valence-corrected chi connectivity index (χ3v) is 4.89. The number of anilines is 1. The maximum absolute atomic E-state index is 12.4. The van der Waals surface area contributed by atoms with Crippen molar-refractivity contribution in [1.29, 1.82) is 0 Å². The maximum atomic E-state index is 12.4. The Morgan fingerprint density at radius 1 is 1.14 bits per heavy atom. The molecule has 1 aromatic heterocycles. The van der Waals surface area contributed by atoms with Crippen molar-refractivity contribution in [1.82, 2.24) is 14.8 Å². The van der Waals surface area contributed by atoms with Gasteiger partial charge in [-0.1, -0.05) is 30.3 Å². The zero-order valence-electron chi connectivity index (χ0n) is 16.3. The number of nitrogens with two attached hydrogens (primary N) is 1. The average molecular weight is 391 g/mol. The maximum Gasteiger partial charge on any atom is 0.248 e. The molecular formula is C21H21N5O3. The molecule has 1 amide bonds. The molecule has 0 aliphatic carbocycles. The van der Waals surface area contributed by atoms with Crippen LogP contribution in [0.1, 0.15) is 18.5 Å². The number of fused-ring (bicyclic) bond motifs is 1. The number of allylic oxidation sites excluding steroid dienone is 1. The third kappa shape index (κ3) is 3.18. The first-order valence-corrected chi connectivity index (χ1v) is 9.05. The monoisotopic (exact) mass is 391 g/mol. The van der Waals surface area contributed by atoms with Crippen molar-refractivity contribution in [2.75, 3.05) is 19.5 Å². The summed E-state index contributed by atoms with van der Waals surface area (Å²) in [5.41, 5.74) is 8.36. The Bertz CT molecular complexity index is 1100. The topological polar surface area (TPSA) is 104 Å². The molecule has 148 valence electrons. The Kier molecular flexibility index (Phi) is 4.67. The number of ether oxygens (including phenoxy) is 2. The summed E-state index contributed by atoms with van der Waals surface area (Å²) in [7, 11) is 3.15. The molecule has 2 aromatic carbocycles. The number of amides is 1. The van der Waals surface area contributed by atoms with Crippen LogP contribution in [0, 0.1) is 0 Å². The predicted octanol–water partition coefficient (Wildman–Crippen LogP) is 2.74. The van der Waals surface area contributed by atoms with Gasteiger partial charge in [0.2, 0.25) is 11.9 Å². The fourth-order valence-electron chi connectivity index (χ4n) is 3.51. The molecule has 8 heteroatoms. The summed E-state index contributed by atoms with van der Waals surface area (Å²) in [5, 5.41) is 7.82. The summed E-state index contributed by atoms with van der Waals surface area (Å²) in [6.07, 6.45) is 0. The van der Waals surface area contributed by atoms with Gasteiger partial charge < -0.3 is 20.5 Å². The van der Waals surface area contributed by atoms with E-state index in [1.54, 1.807) is 31.9 Å². The van der Waals surface area contributed by atoms with E-state index in [2.05, 4.69) is 15.4 Å². The normalized spacial score (nSPS) is 15.5. The van der Waals surface area contributed by atoms with Crippen LogP contribution in [0.25, 0.3) is 11.4 Å². The third-order valence-electron chi connectivity index (χ3n) is 4.89. The standard InChI is InChI=1S/C21H21N5O3/c1-12-17(19(22)27)18(15-10-9-14(28-2)11-16(15)29-3)26-21(23-12)24-20(25-26)13-7-5-4-6-8-13/h4-11,18H,1-3H3,(H2,22,27)(H,23,24,25). The van der Waals surface area contributed by atoms with E-state index in [0.717, 1.165) is 11.1 Å². The number of aromatic nitrogens is 3. The first-order chi connectivity index (χ1) is 14.0. The Hall–Kier alpha value is -3.81. The van der Waals surface area contributed by atoms with Crippen LogP contribution in [0.4, 0.5) is 5.95 Å². The van der Waals surface area contributed by atoms with Gasteiger partial charge in [-0.25, -0.2) is 4.68 Å². The van der Waals surface area contributed by atoms with Gasteiger partial charge in [0.15, 0.2) is 5.82 Å². The number of primary amides is 1. The second-order valence-electron chi connectivity index (χ2n) is 6.61. The van der Waals surface area contributed by atoms with Crippen LogP contribution in [0.5, 0.6) is 11.5 Å². The van der Waals surface area contributed by atoms with Crippen molar-refractivity contribution in [3.05, 3.63) is 65.4 Å². The fraction of sp³-hybridized carbons (Fsp3) is 0.190. The van der Waals surface area contributed by atoms with Gasteiger partial charge in [-0.3, -0.25) is 4.79 Å². The Morgan fingerprint density at radius 3 is 2.55 bits per heavy atom. The zero-order chi connectivity index (χ0) is 20.5. The lowest BCUT2D eigenvalue weighted by Gasteiger charge is -2.28. The quantitative estimate of drug-likeness (QED) is 0.693. The van der Waals surface area contributed by atoms with Crippen LogP contribution in [-0.2, 0) is 4.79 Å². The van der Waals surface area contributed by atoms with Gasteiger partial charge in [-0.05, 0) is 19.1 Å². The number of carbonyl (C=O) groups is 1. The molecule has 0 fully saturated rings. The summed E-state index contributed by atoms with van der Waals surface area (Å²) in [6, 6.07) is 14.5. The summed E-state index contributed by atoms with van der Waals surface area (Å²) >= 11 is 0. The molecule has 1 unspecified atom stereocenters. The van der Waals surface area contributed by atoms with E-state index in [1.807, 2.05) is 42.5 Å². The molecule has 1 aliphatic heterocycles. The summed E-state index contributed by atoms with van der Waals surface area (Å²) in [6.45, 7) is 1.80. The highest BCUT2D eigenvalue weighted by Crippen LogP contribution is 2.40. The van der Waals surface area contributed by atoms with Gasteiger partial charge in [-0.15, -0.1) is 5.10 Å². The summed E-state index contributed by atoms with van der Waals surface area (Å²) < 4.78 is 12.5. The van der Waals surface area contributed by atoms with Crippen molar-refractivity contribution in [3.8, 4) is 22.9 Å². The number of nitrogens with zero attached hydrogens (tertiary/aromatic N) is 3. The lowest BCUT2D eigenvalue weighted by Crippen LogP contribution is -2.32. The van der Waals surface area contributed by atoms with Gasteiger partial charge in [0.05, 0.1) is 19.8 Å². The summed E-state index contributed by atoms with van der Waals surface area (Å²) in [4.78, 5) is 17.0. The first-order valence-electron chi connectivity index (χ1n) is 9.05. The number of benzene rings is 2. The highest BCUT2D eigenvalue weighted by atomic mass is 16.5. The number of hydrogen-bond donors (Lipinski definition) is 2.